The van der Waals surface area contributed by atoms with Gasteiger partial charge in [0, 0.05) is 12.8 Å². The highest BCUT2D eigenvalue weighted by Gasteiger charge is 2.42. The van der Waals surface area contributed by atoms with Gasteiger partial charge in [-0.15, -0.1) is 0 Å². The van der Waals surface area contributed by atoms with Crippen molar-refractivity contribution in [1.82, 2.24) is 0 Å². The molecule has 136 valence electrons. The van der Waals surface area contributed by atoms with Gasteiger partial charge in [-0.1, -0.05) is 78.9 Å². The Bertz CT molecular complexity index is 1120. The van der Waals surface area contributed by atoms with Gasteiger partial charge in [0.2, 0.25) is 0 Å². The number of benzene rings is 3. The van der Waals surface area contributed by atoms with Gasteiger partial charge < -0.3 is 5.11 Å². The summed E-state index contributed by atoms with van der Waals surface area (Å²) in [5, 5.41) is 11.6. The lowest BCUT2D eigenvalue weighted by Crippen LogP contribution is -2.33. The fourth-order valence-corrected chi connectivity index (χ4v) is 3.82. The van der Waals surface area contributed by atoms with Crippen molar-refractivity contribution >= 4 is 23.1 Å². The summed E-state index contributed by atoms with van der Waals surface area (Å²) in [5.74, 6) is 1.35. The zero-order chi connectivity index (χ0) is 19.0. The zero-order valence-electron chi connectivity index (χ0n) is 15.3. The third-order valence-electron chi connectivity index (χ3n) is 5.19. The molecule has 4 heteroatoms. The number of para-hydroxylation sites is 1. The molecule has 28 heavy (non-hydrogen) atoms. The first kappa shape index (κ1) is 16.8. The Balaban J connectivity index is 1.56. The maximum absolute atomic E-state index is 11.6. The minimum atomic E-state index is -1.20. The molecule has 0 saturated heterocycles. The first-order valence-corrected chi connectivity index (χ1v) is 9.38. The Morgan fingerprint density at radius 2 is 1.46 bits per heavy atom. The van der Waals surface area contributed by atoms with Gasteiger partial charge >= 0.3 is 0 Å². The largest absolute Gasteiger partial charge is 0.378 e. The zero-order valence-corrected chi connectivity index (χ0v) is 15.3. The van der Waals surface area contributed by atoms with Crippen LogP contribution < -0.4 is 0 Å². The molecule has 2 heterocycles. The van der Waals surface area contributed by atoms with Crippen LogP contribution in [0.25, 0.3) is 0 Å². The molecule has 0 aliphatic carbocycles. The lowest BCUT2D eigenvalue weighted by atomic mass is 9.84. The quantitative estimate of drug-likeness (QED) is 0.716. The third kappa shape index (κ3) is 2.88. The van der Waals surface area contributed by atoms with E-state index in [4.69, 9.17) is 9.98 Å². The Kier molecular flexibility index (Phi) is 3.99. The van der Waals surface area contributed by atoms with Crippen LogP contribution in [0.2, 0.25) is 0 Å². The lowest BCUT2D eigenvalue weighted by Gasteiger charge is -2.25. The van der Waals surface area contributed by atoms with E-state index >= 15 is 0 Å². The average Bonchev–Trinajstić information content (AvgIpc) is 3.30. The van der Waals surface area contributed by atoms with Crippen LogP contribution in [-0.2, 0) is 12.0 Å². The second-order valence-corrected chi connectivity index (χ2v) is 7.09. The second-order valence-electron chi connectivity index (χ2n) is 7.09. The minimum absolute atomic E-state index is 0.330. The van der Waals surface area contributed by atoms with Crippen molar-refractivity contribution in [1.29, 1.82) is 0 Å². The van der Waals surface area contributed by atoms with Crippen LogP contribution in [0.3, 0.4) is 0 Å². The van der Waals surface area contributed by atoms with E-state index in [1.54, 1.807) is 0 Å². The van der Waals surface area contributed by atoms with Gasteiger partial charge in [-0.3, -0.25) is 0 Å². The fourth-order valence-electron chi connectivity index (χ4n) is 3.82. The maximum Gasteiger partial charge on any atom is 0.139 e. The number of fused-ring (bicyclic) bond motifs is 1. The molecule has 0 radical (unpaired) electrons. The van der Waals surface area contributed by atoms with Gasteiger partial charge in [-0.2, -0.15) is 0 Å². The number of amidine groups is 2. The smallest absolute Gasteiger partial charge is 0.139 e. The highest BCUT2D eigenvalue weighted by molar-refractivity contribution is 6.19. The number of rotatable bonds is 2. The number of nitrogens with zero attached hydrogens (tertiary/aromatic N) is 3. The summed E-state index contributed by atoms with van der Waals surface area (Å²) >= 11 is 0. The predicted octanol–water partition coefficient (Wildman–Crippen LogP) is 4.45. The van der Waals surface area contributed by atoms with Crippen LogP contribution >= 0.6 is 0 Å². The van der Waals surface area contributed by atoms with Crippen molar-refractivity contribution in [2.75, 3.05) is 0 Å². The molecule has 1 N–H and O–H groups in total. The SMILES string of the molecule is OC1(c2ccccc2)CC(=NC2=Nc3ccccc3C2)N=C1c1ccccc1. The van der Waals surface area contributed by atoms with Crippen LogP contribution in [0.5, 0.6) is 0 Å². The Labute approximate surface area is 163 Å². The van der Waals surface area contributed by atoms with E-state index in [0.29, 0.717) is 24.4 Å². The summed E-state index contributed by atoms with van der Waals surface area (Å²) in [4.78, 5) is 14.1. The molecule has 0 amide bonds. The topological polar surface area (TPSA) is 57.3 Å². The van der Waals surface area contributed by atoms with Crippen LogP contribution in [0, 0.1) is 0 Å². The third-order valence-corrected chi connectivity index (χ3v) is 5.19. The van der Waals surface area contributed by atoms with Gasteiger partial charge in [0.1, 0.15) is 17.3 Å². The van der Waals surface area contributed by atoms with Crippen molar-refractivity contribution < 1.29 is 5.11 Å². The minimum Gasteiger partial charge on any atom is -0.378 e. The summed E-state index contributed by atoms with van der Waals surface area (Å²) in [7, 11) is 0. The van der Waals surface area contributed by atoms with Gasteiger partial charge in [0.05, 0.1) is 11.4 Å². The molecule has 2 aliphatic rings. The monoisotopic (exact) mass is 365 g/mol. The number of hydrogen-bond donors (Lipinski definition) is 1. The molecule has 1 unspecified atom stereocenters. The Morgan fingerprint density at radius 3 is 2.21 bits per heavy atom. The molecule has 1 atom stereocenters. The van der Waals surface area contributed by atoms with Gasteiger partial charge in [0.15, 0.2) is 0 Å². The highest BCUT2D eigenvalue weighted by atomic mass is 16.3. The summed E-state index contributed by atoms with van der Waals surface area (Å²) < 4.78 is 0. The molecule has 4 nitrogen and oxygen atoms in total. The molecule has 2 aliphatic heterocycles. The van der Waals surface area contributed by atoms with Crippen molar-refractivity contribution in [3.63, 3.8) is 0 Å². The second kappa shape index (κ2) is 6.66. The summed E-state index contributed by atoms with van der Waals surface area (Å²) in [5.41, 5.74) is 3.29. The van der Waals surface area contributed by atoms with E-state index in [9.17, 15) is 5.11 Å². The molecule has 3 aromatic carbocycles. The van der Waals surface area contributed by atoms with Gasteiger partial charge in [0.25, 0.3) is 0 Å². The average molecular weight is 365 g/mol. The van der Waals surface area contributed by atoms with E-state index in [1.165, 1.54) is 5.56 Å². The van der Waals surface area contributed by atoms with Crippen molar-refractivity contribution in [2.24, 2.45) is 15.0 Å². The predicted molar refractivity (Wildman–Crippen MR) is 113 cm³/mol. The fraction of sp³-hybridized carbons (Fsp3) is 0.125. The van der Waals surface area contributed by atoms with Crippen LogP contribution in [0.15, 0.2) is 99.9 Å². The van der Waals surface area contributed by atoms with E-state index < -0.39 is 5.60 Å². The Morgan fingerprint density at radius 1 is 0.786 bits per heavy atom. The first-order chi connectivity index (χ1) is 13.7. The Hall–Kier alpha value is -3.37. The molecule has 0 fully saturated rings. The molecule has 3 aromatic rings. The van der Waals surface area contributed by atoms with Crippen molar-refractivity contribution in [3.8, 4) is 0 Å². The summed E-state index contributed by atoms with van der Waals surface area (Å²) in [6, 6.07) is 27.5. The lowest BCUT2D eigenvalue weighted by molar-refractivity contribution is 0.125. The molecular formula is C24H19N3O. The molecule has 0 spiro atoms. The standard InChI is InChI=1S/C24H19N3O/c28-24(19-12-5-2-6-13-19)16-22(27-23(24)17-9-3-1-4-10-17)26-21-15-18-11-7-8-14-20(18)25-21/h1-14,28H,15-16H2. The van der Waals surface area contributed by atoms with Gasteiger partial charge in [-0.25, -0.2) is 15.0 Å². The molecule has 0 saturated carbocycles. The number of hydrogen-bond acceptors (Lipinski definition) is 3. The normalized spacial score (nSPS) is 22.1. The van der Waals surface area contributed by atoms with Crippen molar-refractivity contribution in [2.45, 2.75) is 18.4 Å². The van der Waals surface area contributed by atoms with E-state index in [2.05, 4.69) is 11.1 Å². The highest BCUT2D eigenvalue weighted by Crippen LogP contribution is 2.36. The van der Waals surface area contributed by atoms with E-state index in [-0.39, 0.29) is 0 Å². The summed E-state index contributed by atoms with van der Waals surface area (Å²) in [6.45, 7) is 0. The maximum atomic E-state index is 11.6. The van der Waals surface area contributed by atoms with E-state index in [1.807, 2.05) is 78.9 Å². The molecular weight excluding hydrogens is 346 g/mol. The number of aliphatic hydroxyl groups is 1. The van der Waals surface area contributed by atoms with Crippen LogP contribution in [-0.4, -0.2) is 22.5 Å². The van der Waals surface area contributed by atoms with Crippen LogP contribution in [0.4, 0.5) is 5.69 Å². The van der Waals surface area contributed by atoms with Crippen LogP contribution in [0.1, 0.15) is 23.1 Å². The molecule has 0 aromatic heterocycles. The molecule has 0 bridgehead atoms. The number of aliphatic imine (C=N–C) groups is 3. The molecule has 5 rings (SSSR count). The van der Waals surface area contributed by atoms with E-state index in [0.717, 1.165) is 22.6 Å². The first-order valence-electron chi connectivity index (χ1n) is 9.38. The van der Waals surface area contributed by atoms with Gasteiger partial charge in [-0.05, 0) is 22.8 Å². The van der Waals surface area contributed by atoms with Crippen molar-refractivity contribution in [3.05, 3.63) is 102 Å². The summed E-state index contributed by atoms with van der Waals surface area (Å²) in [6.07, 6.45) is 1.02.